The molecule has 0 atom stereocenters. The number of pyridine rings is 1. The molecule has 1 N–H and O–H groups in total. The van der Waals surface area contributed by atoms with Crippen molar-refractivity contribution in [2.75, 3.05) is 5.32 Å². The van der Waals surface area contributed by atoms with E-state index in [1.807, 2.05) is 81.4 Å². The summed E-state index contributed by atoms with van der Waals surface area (Å²) < 4.78 is 11.0. The van der Waals surface area contributed by atoms with Gasteiger partial charge >= 0.3 is 6.09 Å². The Balaban J connectivity index is 1.73. The van der Waals surface area contributed by atoms with Crippen LogP contribution in [0.15, 0.2) is 71.9 Å². The van der Waals surface area contributed by atoms with Gasteiger partial charge in [-0.15, -0.1) is 0 Å². The minimum Gasteiger partial charge on any atom is -0.444 e. The van der Waals surface area contributed by atoms with Crippen molar-refractivity contribution in [2.45, 2.75) is 39.6 Å². The summed E-state index contributed by atoms with van der Waals surface area (Å²) in [5.41, 5.74) is 4.76. The number of amides is 1. The van der Waals surface area contributed by atoms with Gasteiger partial charge in [0.15, 0.2) is 0 Å². The fourth-order valence-electron chi connectivity index (χ4n) is 3.36. The summed E-state index contributed by atoms with van der Waals surface area (Å²) in [6.45, 7) is 6.24. The fraction of sp³-hybridized carbons (Fsp3) is 0.240. The van der Waals surface area contributed by atoms with Crippen LogP contribution in [0.1, 0.15) is 43.0 Å². The molecule has 1 aliphatic heterocycles. The average Bonchev–Trinajstić information content (AvgIpc) is 3.24. The summed E-state index contributed by atoms with van der Waals surface area (Å²) in [5.74, 6) is 0.446. The van der Waals surface area contributed by atoms with Gasteiger partial charge in [-0.2, -0.15) is 0 Å². The van der Waals surface area contributed by atoms with Crippen LogP contribution in [-0.4, -0.2) is 22.4 Å². The third kappa shape index (κ3) is 4.98. The van der Waals surface area contributed by atoms with E-state index in [2.05, 4.69) is 10.3 Å². The van der Waals surface area contributed by atoms with Crippen LogP contribution < -0.4 is 5.32 Å². The normalized spacial score (nSPS) is 12.7. The van der Waals surface area contributed by atoms with Gasteiger partial charge in [-0.25, -0.2) is 14.8 Å². The topological polar surface area (TPSA) is 72.8 Å². The molecule has 1 aromatic heterocycles. The van der Waals surface area contributed by atoms with Crippen molar-refractivity contribution in [3.8, 4) is 0 Å². The highest BCUT2D eigenvalue weighted by Gasteiger charge is 2.24. The number of rotatable bonds is 4. The Labute approximate surface area is 182 Å². The molecular formula is C25H25N3O3. The molecule has 3 aromatic rings. The number of hydrogen-bond acceptors (Lipinski definition) is 5. The van der Waals surface area contributed by atoms with Crippen LogP contribution in [-0.2, 0) is 22.7 Å². The molecule has 6 heteroatoms. The first-order chi connectivity index (χ1) is 14.9. The molecule has 1 amide bonds. The molecule has 2 aromatic carbocycles. The van der Waals surface area contributed by atoms with Crippen molar-refractivity contribution in [3.63, 3.8) is 0 Å². The third-order valence-corrected chi connectivity index (χ3v) is 4.71. The van der Waals surface area contributed by atoms with Crippen molar-refractivity contribution < 1.29 is 14.3 Å². The number of aliphatic imine (C=N–C) groups is 1. The highest BCUT2D eigenvalue weighted by molar-refractivity contribution is 6.14. The van der Waals surface area contributed by atoms with Crippen molar-refractivity contribution in [1.29, 1.82) is 0 Å². The van der Waals surface area contributed by atoms with E-state index in [1.54, 1.807) is 6.20 Å². The maximum Gasteiger partial charge on any atom is 0.413 e. The number of aromatic nitrogens is 1. The zero-order valence-corrected chi connectivity index (χ0v) is 17.9. The predicted molar refractivity (Wildman–Crippen MR) is 121 cm³/mol. The lowest BCUT2D eigenvalue weighted by Crippen LogP contribution is -2.27. The lowest BCUT2D eigenvalue weighted by molar-refractivity contribution is 0.0635. The van der Waals surface area contributed by atoms with Crippen molar-refractivity contribution in [3.05, 3.63) is 89.1 Å². The van der Waals surface area contributed by atoms with Crippen LogP contribution in [0.25, 0.3) is 0 Å². The van der Waals surface area contributed by atoms with E-state index in [9.17, 15) is 4.79 Å². The van der Waals surface area contributed by atoms with Gasteiger partial charge in [-0.3, -0.25) is 5.32 Å². The van der Waals surface area contributed by atoms with E-state index < -0.39 is 11.7 Å². The highest BCUT2D eigenvalue weighted by Crippen LogP contribution is 2.34. The largest absolute Gasteiger partial charge is 0.444 e. The van der Waals surface area contributed by atoms with Crippen molar-refractivity contribution in [2.24, 2.45) is 4.99 Å². The Kier molecular flexibility index (Phi) is 5.82. The zero-order valence-electron chi connectivity index (χ0n) is 17.9. The molecule has 0 unspecified atom stereocenters. The van der Waals surface area contributed by atoms with E-state index in [0.717, 1.165) is 33.7 Å². The maximum atomic E-state index is 12.2. The van der Waals surface area contributed by atoms with Gasteiger partial charge in [0.2, 0.25) is 0 Å². The van der Waals surface area contributed by atoms with Crippen LogP contribution in [0.3, 0.4) is 0 Å². The molecule has 31 heavy (non-hydrogen) atoms. The average molecular weight is 415 g/mol. The second-order valence-corrected chi connectivity index (χ2v) is 8.26. The zero-order chi connectivity index (χ0) is 21.8. The Hall–Kier alpha value is -3.51. The van der Waals surface area contributed by atoms with E-state index in [1.165, 1.54) is 0 Å². The highest BCUT2D eigenvalue weighted by atomic mass is 16.6. The summed E-state index contributed by atoms with van der Waals surface area (Å²) in [5, 5.41) is 2.74. The predicted octanol–water partition coefficient (Wildman–Crippen LogP) is 5.63. The molecule has 4 rings (SSSR count). The van der Waals surface area contributed by atoms with Crippen molar-refractivity contribution in [1.82, 2.24) is 4.98 Å². The number of carbonyl (C=O) groups is 1. The van der Waals surface area contributed by atoms with Crippen LogP contribution >= 0.6 is 0 Å². The molecule has 1 aliphatic rings. The molecule has 158 valence electrons. The van der Waals surface area contributed by atoms with E-state index in [-0.39, 0.29) is 0 Å². The van der Waals surface area contributed by atoms with Crippen LogP contribution in [0.5, 0.6) is 0 Å². The standard InChI is InChI=1S/C25H25N3O3/c1-25(2,3)31-24(29)28-23-20-16-30-15-19(20)21(14-26-23)27-22(17-10-6-4-7-11-17)18-12-8-5-9-13-18/h4-14H,15-16H2,1-3H3,(H,26,28,29). The summed E-state index contributed by atoms with van der Waals surface area (Å²) in [4.78, 5) is 21.7. The monoisotopic (exact) mass is 415 g/mol. The van der Waals surface area contributed by atoms with E-state index in [0.29, 0.717) is 19.0 Å². The van der Waals surface area contributed by atoms with Crippen LogP contribution in [0.2, 0.25) is 0 Å². The van der Waals surface area contributed by atoms with Gasteiger partial charge in [0.1, 0.15) is 11.4 Å². The summed E-state index contributed by atoms with van der Waals surface area (Å²) in [6.07, 6.45) is 1.13. The molecule has 0 aliphatic carbocycles. The van der Waals surface area contributed by atoms with Crippen LogP contribution in [0, 0.1) is 0 Å². The lowest BCUT2D eigenvalue weighted by Gasteiger charge is -2.20. The third-order valence-electron chi connectivity index (χ3n) is 4.71. The Morgan fingerprint density at radius 2 is 1.55 bits per heavy atom. The number of benzene rings is 2. The summed E-state index contributed by atoms with van der Waals surface area (Å²) in [7, 11) is 0. The molecule has 0 saturated carbocycles. The number of carbonyl (C=O) groups excluding carboxylic acids is 1. The second-order valence-electron chi connectivity index (χ2n) is 8.26. The lowest BCUT2D eigenvalue weighted by atomic mass is 10.0. The Morgan fingerprint density at radius 1 is 0.968 bits per heavy atom. The molecule has 0 fully saturated rings. The van der Waals surface area contributed by atoms with E-state index >= 15 is 0 Å². The van der Waals surface area contributed by atoms with Gasteiger partial charge in [-0.1, -0.05) is 60.7 Å². The summed E-state index contributed by atoms with van der Waals surface area (Å²) in [6, 6.07) is 20.1. The first kappa shape index (κ1) is 20.8. The number of anilines is 1. The molecule has 0 bridgehead atoms. The van der Waals surface area contributed by atoms with E-state index in [4.69, 9.17) is 14.5 Å². The van der Waals surface area contributed by atoms with Gasteiger partial charge in [-0.05, 0) is 20.8 Å². The quantitative estimate of drug-likeness (QED) is 0.561. The molecule has 0 radical (unpaired) electrons. The number of hydrogen-bond donors (Lipinski definition) is 1. The van der Waals surface area contributed by atoms with Crippen molar-refractivity contribution >= 4 is 23.3 Å². The van der Waals surface area contributed by atoms with Gasteiger partial charge < -0.3 is 9.47 Å². The first-order valence-corrected chi connectivity index (χ1v) is 10.2. The maximum absolute atomic E-state index is 12.2. The number of nitrogens with zero attached hydrogens (tertiary/aromatic N) is 2. The minimum absolute atomic E-state index is 0.364. The van der Waals surface area contributed by atoms with Crippen LogP contribution in [0.4, 0.5) is 16.3 Å². The molecule has 2 heterocycles. The first-order valence-electron chi connectivity index (χ1n) is 10.2. The second kappa shape index (κ2) is 8.70. The minimum atomic E-state index is -0.589. The number of ether oxygens (including phenoxy) is 2. The number of fused-ring (bicyclic) bond motifs is 1. The SMILES string of the molecule is CC(C)(C)OC(=O)Nc1ncc(N=C(c2ccccc2)c2ccccc2)c2c1COC2. The van der Waals surface area contributed by atoms with Gasteiger partial charge in [0, 0.05) is 22.3 Å². The van der Waals surface area contributed by atoms with Gasteiger partial charge in [0.05, 0.1) is 30.8 Å². The Morgan fingerprint density at radius 3 is 2.13 bits per heavy atom. The summed E-state index contributed by atoms with van der Waals surface area (Å²) >= 11 is 0. The molecule has 0 saturated heterocycles. The Bertz CT molecular complexity index is 1060. The number of nitrogens with one attached hydrogen (secondary N) is 1. The molecule has 0 spiro atoms. The fourth-order valence-corrected chi connectivity index (χ4v) is 3.36. The molecule has 6 nitrogen and oxygen atoms in total. The smallest absolute Gasteiger partial charge is 0.413 e. The molecular weight excluding hydrogens is 390 g/mol. The van der Waals surface area contributed by atoms with Gasteiger partial charge in [0.25, 0.3) is 0 Å².